The van der Waals surface area contributed by atoms with Gasteiger partial charge in [-0.25, -0.2) is 0 Å². The van der Waals surface area contributed by atoms with Crippen LogP contribution in [0.3, 0.4) is 0 Å². The Morgan fingerprint density at radius 1 is 1.35 bits per heavy atom. The number of ether oxygens (including phenoxy) is 1. The number of rotatable bonds is 6. The fourth-order valence-corrected chi connectivity index (χ4v) is 2.54. The lowest BCUT2D eigenvalue weighted by atomic mass is 9.84. The fraction of sp³-hybridized carbons (Fsp3) is 0.923. The van der Waals surface area contributed by atoms with Gasteiger partial charge in [-0.05, 0) is 32.9 Å². The molecule has 1 aliphatic rings. The monoisotopic (exact) mass is 243 g/mol. The molecule has 1 N–H and O–H groups in total. The third-order valence-electron chi connectivity index (χ3n) is 3.50. The van der Waals surface area contributed by atoms with Crippen molar-refractivity contribution >= 4 is 5.97 Å². The minimum absolute atomic E-state index is 0.158. The van der Waals surface area contributed by atoms with Crippen molar-refractivity contribution in [2.24, 2.45) is 0 Å². The molecule has 1 saturated carbocycles. The van der Waals surface area contributed by atoms with Gasteiger partial charge in [0.05, 0.1) is 12.7 Å². The number of methoxy groups -OCH3 is 1. The maximum Gasteiger partial charge on any atom is 0.305 e. The van der Waals surface area contributed by atoms with Crippen LogP contribution in [0.15, 0.2) is 0 Å². The lowest BCUT2D eigenvalue weighted by Crippen LogP contribution is -2.43. The first-order chi connectivity index (χ1) is 8.06. The van der Waals surface area contributed by atoms with Gasteiger partial charge in [-0.15, -0.1) is 0 Å². The molecule has 0 heterocycles. The lowest BCUT2D eigenvalue weighted by molar-refractivity contribution is -0.140. The highest BCUT2D eigenvalue weighted by molar-refractivity contribution is 5.69. The number of carbonyl (C=O) groups excluding carboxylic acids is 1. The summed E-state index contributed by atoms with van der Waals surface area (Å²) in [5.41, 5.74) is -0.502. The zero-order valence-corrected chi connectivity index (χ0v) is 11.1. The second-order valence-corrected chi connectivity index (χ2v) is 5.20. The van der Waals surface area contributed by atoms with Crippen molar-refractivity contribution in [3.05, 3.63) is 0 Å². The molecule has 0 aromatic heterocycles. The number of carbonyl (C=O) groups is 1. The molecule has 0 unspecified atom stereocenters. The molecular formula is C13H25NO3. The molecule has 100 valence electrons. The predicted octanol–water partition coefficient (Wildman–Crippen LogP) is 1.57. The van der Waals surface area contributed by atoms with Gasteiger partial charge in [0, 0.05) is 13.0 Å². The summed E-state index contributed by atoms with van der Waals surface area (Å²) in [6.45, 7) is 1.55. The van der Waals surface area contributed by atoms with Crippen LogP contribution in [0.25, 0.3) is 0 Å². The predicted molar refractivity (Wildman–Crippen MR) is 66.8 cm³/mol. The minimum Gasteiger partial charge on any atom is -0.469 e. The van der Waals surface area contributed by atoms with Crippen LogP contribution in [0.2, 0.25) is 0 Å². The third kappa shape index (κ3) is 5.50. The molecule has 0 atom stereocenters. The number of nitrogens with zero attached hydrogens (tertiary/aromatic N) is 1. The quantitative estimate of drug-likeness (QED) is 0.719. The molecule has 4 heteroatoms. The summed E-state index contributed by atoms with van der Waals surface area (Å²) in [6.07, 6.45) is 6.58. The van der Waals surface area contributed by atoms with E-state index in [1.165, 1.54) is 13.5 Å². The molecule has 1 aliphatic carbocycles. The molecule has 1 fully saturated rings. The Hall–Kier alpha value is -0.610. The maximum atomic E-state index is 11.0. The molecule has 0 spiro atoms. The first-order valence-corrected chi connectivity index (χ1v) is 6.53. The summed E-state index contributed by atoms with van der Waals surface area (Å²) in [4.78, 5) is 13.1. The topological polar surface area (TPSA) is 49.8 Å². The fourth-order valence-electron chi connectivity index (χ4n) is 2.54. The van der Waals surface area contributed by atoms with E-state index >= 15 is 0 Å². The standard InChI is InChI=1S/C13H25NO3/c1-14(10-6-7-12(15)17-2)11-13(16)8-4-3-5-9-13/h16H,3-11H2,1-2H3. The number of hydrogen-bond acceptors (Lipinski definition) is 4. The number of aliphatic hydroxyl groups is 1. The average molecular weight is 243 g/mol. The van der Waals surface area contributed by atoms with E-state index in [0.29, 0.717) is 13.0 Å². The Bertz CT molecular complexity index is 237. The minimum atomic E-state index is -0.502. The Balaban J connectivity index is 2.19. The largest absolute Gasteiger partial charge is 0.469 e. The van der Waals surface area contributed by atoms with E-state index in [2.05, 4.69) is 9.64 Å². The van der Waals surface area contributed by atoms with Crippen LogP contribution >= 0.6 is 0 Å². The summed E-state index contributed by atoms with van der Waals surface area (Å²) in [7, 11) is 3.42. The molecule has 0 aromatic rings. The zero-order chi connectivity index (χ0) is 12.7. The molecule has 17 heavy (non-hydrogen) atoms. The molecular weight excluding hydrogens is 218 g/mol. The third-order valence-corrected chi connectivity index (χ3v) is 3.50. The van der Waals surface area contributed by atoms with E-state index in [-0.39, 0.29) is 5.97 Å². The van der Waals surface area contributed by atoms with Crippen molar-refractivity contribution in [3.8, 4) is 0 Å². The molecule has 1 rings (SSSR count). The van der Waals surface area contributed by atoms with Gasteiger partial charge in [-0.3, -0.25) is 4.79 Å². The summed E-state index contributed by atoms with van der Waals surface area (Å²) in [6, 6.07) is 0. The smallest absolute Gasteiger partial charge is 0.305 e. The number of likely N-dealkylation sites (N-methyl/N-ethyl adjacent to an activating group) is 1. The highest BCUT2D eigenvalue weighted by Crippen LogP contribution is 2.28. The Kier molecular flexibility index (Phi) is 5.92. The Labute approximate surface area is 104 Å². The van der Waals surface area contributed by atoms with Crippen LogP contribution in [0, 0.1) is 0 Å². The molecule has 0 aliphatic heterocycles. The van der Waals surface area contributed by atoms with Gasteiger partial charge >= 0.3 is 5.97 Å². The highest BCUT2D eigenvalue weighted by Gasteiger charge is 2.30. The van der Waals surface area contributed by atoms with E-state index < -0.39 is 5.60 Å². The Morgan fingerprint density at radius 2 is 2.00 bits per heavy atom. The van der Waals surface area contributed by atoms with Crippen molar-refractivity contribution in [2.45, 2.75) is 50.5 Å². The van der Waals surface area contributed by atoms with Crippen LogP contribution in [0.1, 0.15) is 44.9 Å². The first-order valence-electron chi connectivity index (χ1n) is 6.53. The summed E-state index contributed by atoms with van der Waals surface area (Å²) in [5, 5.41) is 10.4. The van der Waals surface area contributed by atoms with Crippen molar-refractivity contribution in [1.82, 2.24) is 4.90 Å². The van der Waals surface area contributed by atoms with Crippen LogP contribution in [-0.2, 0) is 9.53 Å². The average Bonchev–Trinajstić information content (AvgIpc) is 2.29. The SMILES string of the molecule is COC(=O)CCCN(C)CC1(O)CCCCC1. The molecule has 4 nitrogen and oxygen atoms in total. The second-order valence-electron chi connectivity index (χ2n) is 5.20. The van der Waals surface area contributed by atoms with E-state index in [1.807, 2.05) is 7.05 Å². The normalized spacial score (nSPS) is 19.3. The van der Waals surface area contributed by atoms with Crippen LogP contribution in [0.5, 0.6) is 0 Å². The molecule has 0 radical (unpaired) electrons. The summed E-state index contributed by atoms with van der Waals surface area (Å²) in [5.74, 6) is -0.158. The van der Waals surface area contributed by atoms with Gasteiger partial charge < -0.3 is 14.7 Å². The molecule has 0 amide bonds. The molecule has 0 bridgehead atoms. The van der Waals surface area contributed by atoms with Gasteiger partial charge in [0.25, 0.3) is 0 Å². The second kappa shape index (κ2) is 6.97. The van der Waals surface area contributed by atoms with Crippen molar-refractivity contribution < 1.29 is 14.6 Å². The Morgan fingerprint density at radius 3 is 2.59 bits per heavy atom. The maximum absolute atomic E-state index is 11.0. The summed E-state index contributed by atoms with van der Waals surface area (Å²) < 4.78 is 4.59. The van der Waals surface area contributed by atoms with Crippen molar-refractivity contribution in [1.29, 1.82) is 0 Å². The highest BCUT2D eigenvalue weighted by atomic mass is 16.5. The van der Waals surface area contributed by atoms with Gasteiger partial charge in [0.1, 0.15) is 0 Å². The zero-order valence-electron chi connectivity index (χ0n) is 11.1. The molecule has 0 saturated heterocycles. The van der Waals surface area contributed by atoms with Crippen LogP contribution in [-0.4, -0.2) is 48.8 Å². The summed E-state index contributed by atoms with van der Waals surface area (Å²) >= 11 is 0. The van der Waals surface area contributed by atoms with Crippen LogP contribution < -0.4 is 0 Å². The van der Waals surface area contributed by atoms with Gasteiger partial charge in [-0.2, -0.15) is 0 Å². The van der Waals surface area contributed by atoms with Gasteiger partial charge in [0.2, 0.25) is 0 Å². The van der Waals surface area contributed by atoms with Crippen molar-refractivity contribution in [3.63, 3.8) is 0 Å². The van der Waals surface area contributed by atoms with Gasteiger partial charge in [-0.1, -0.05) is 19.3 Å². The molecule has 0 aromatic carbocycles. The number of hydrogen-bond donors (Lipinski definition) is 1. The van der Waals surface area contributed by atoms with E-state index in [0.717, 1.165) is 38.6 Å². The number of esters is 1. The van der Waals surface area contributed by atoms with E-state index in [1.54, 1.807) is 0 Å². The van der Waals surface area contributed by atoms with Crippen molar-refractivity contribution in [2.75, 3.05) is 27.2 Å². The lowest BCUT2D eigenvalue weighted by Gasteiger charge is -2.35. The van der Waals surface area contributed by atoms with Crippen LogP contribution in [0.4, 0.5) is 0 Å². The van der Waals surface area contributed by atoms with E-state index in [9.17, 15) is 9.90 Å². The van der Waals surface area contributed by atoms with E-state index in [4.69, 9.17) is 0 Å². The van der Waals surface area contributed by atoms with Gasteiger partial charge in [0.15, 0.2) is 0 Å². The first kappa shape index (κ1) is 14.5.